The van der Waals surface area contributed by atoms with E-state index in [1.807, 2.05) is 0 Å². The lowest BCUT2D eigenvalue weighted by atomic mass is 9.74. The first-order valence-corrected chi connectivity index (χ1v) is 9.45. The summed E-state index contributed by atoms with van der Waals surface area (Å²) in [6.45, 7) is 0.807. The van der Waals surface area contributed by atoms with Crippen LogP contribution in [-0.2, 0) is 19.4 Å². The van der Waals surface area contributed by atoms with Gasteiger partial charge in [0.2, 0.25) is 9.84 Å². The number of benzene rings is 1. The van der Waals surface area contributed by atoms with Gasteiger partial charge in [0.15, 0.2) is 0 Å². The summed E-state index contributed by atoms with van der Waals surface area (Å²) >= 11 is 0. The lowest BCUT2D eigenvalue weighted by Crippen LogP contribution is -2.45. The molecule has 0 aliphatic carbocycles. The number of hydrogen-bond donors (Lipinski definition) is 1. The molecule has 2 aliphatic heterocycles. The number of carboxylic acid groups (broad SMARTS) is 1. The van der Waals surface area contributed by atoms with Gasteiger partial charge in [0.05, 0.1) is 16.9 Å². The van der Waals surface area contributed by atoms with Crippen LogP contribution in [0.3, 0.4) is 0 Å². The monoisotopic (exact) mass is 389 g/mol. The van der Waals surface area contributed by atoms with Crippen LogP contribution in [0.5, 0.6) is 0 Å². The Morgan fingerprint density at radius 2 is 1.92 bits per heavy atom. The topological polar surface area (TPSA) is 101 Å². The van der Waals surface area contributed by atoms with E-state index in [1.54, 1.807) is 0 Å². The van der Waals surface area contributed by atoms with Crippen LogP contribution < -0.4 is 0 Å². The predicted octanol–water partition coefficient (Wildman–Crippen LogP) is 1.25. The van der Waals surface area contributed by atoms with E-state index in [0.717, 1.165) is 24.3 Å². The number of nitrogens with zero attached hydrogens (tertiary/aromatic N) is 1. The summed E-state index contributed by atoms with van der Waals surface area (Å²) < 4.78 is 53.3. The van der Waals surface area contributed by atoms with Gasteiger partial charge in [-0.1, -0.05) is 0 Å². The Labute approximate surface area is 148 Å². The van der Waals surface area contributed by atoms with Crippen molar-refractivity contribution in [3.05, 3.63) is 29.8 Å². The van der Waals surface area contributed by atoms with Gasteiger partial charge in [-0.25, -0.2) is 8.42 Å². The average Bonchev–Trinajstić information content (AvgIpc) is 3.02. The van der Waals surface area contributed by atoms with Crippen LogP contribution in [-0.4, -0.2) is 62.4 Å². The van der Waals surface area contributed by atoms with E-state index in [2.05, 4.69) is 0 Å². The lowest BCUT2D eigenvalue weighted by Gasteiger charge is -2.33. The molecule has 0 spiro atoms. The second kappa shape index (κ2) is 6.58. The molecule has 2 heterocycles. The molecular formula is C16H17F2NO6S. The summed E-state index contributed by atoms with van der Waals surface area (Å²) in [4.78, 5) is 25.2. The first kappa shape index (κ1) is 18.7. The summed E-state index contributed by atoms with van der Waals surface area (Å²) in [6, 6.07) is 4.22. The summed E-state index contributed by atoms with van der Waals surface area (Å²) in [7, 11) is -4.73. The Bertz CT molecular complexity index is 826. The number of hydrogen-bond acceptors (Lipinski definition) is 5. The number of amides is 1. The van der Waals surface area contributed by atoms with E-state index < -0.39 is 37.8 Å². The molecule has 1 aromatic rings. The Hall–Kier alpha value is -2.07. The summed E-state index contributed by atoms with van der Waals surface area (Å²) in [5.74, 6) is -5.31. The number of rotatable bonds is 4. The van der Waals surface area contributed by atoms with Gasteiger partial charge >= 0.3 is 11.7 Å². The highest BCUT2D eigenvalue weighted by Crippen LogP contribution is 2.42. The maximum atomic E-state index is 12.6. The van der Waals surface area contributed by atoms with Gasteiger partial charge in [0, 0.05) is 31.2 Å². The molecule has 0 unspecified atom stereocenters. The number of aliphatic carboxylic acids is 1. The van der Waals surface area contributed by atoms with Crippen LogP contribution in [0, 0.1) is 11.3 Å². The van der Waals surface area contributed by atoms with E-state index in [1.165, 1.54) is 4.90 Å². The molecular weight excluding hydrogens is 372 g/mol. The lowest BCUT2D eigenvalue weighted by molar-refractivity contribution is -0.157. The van der Waals surface area contributed by atoms with Crippen molar-refractivity contribution in [3.8, 4) is 0 Å². The molecule has 2 aliphatic rings. The molecule has 142 valence electrons. The standard InChI is InChI=1S/C16H17F2NO6S/c17-15(18)26(23,24)12-3-1-10(2-4-12)13(20)19-7-11-8-25-6-5-16(11,9-19)14(21)22/h1-4,11,15H,5-9H2,(H,21,22)/t11-,16+/m0/s1. The number of sulfone groups is 1. The fourth-order valence-corrected chi connectivity index (χ4v) is 4.25. The highest BCUT2D eigenvalue weighted by atomic mass is 32.2. The number of fused-ring (bicyclic) bond motifs is 1. The van der Waals surface area contributed by atoms with Gasteiger partial charge in [-0.3, -0.25) is 9.59 Å². The molecule has 1 amide bonds. The first-order valence-electron chi connectivity index (χ1n) is 7.91. The van der Waals surface area contributed by atoms with Crippen LogP contribution in [0.1, 0.15) is 16.8 Å². The third-order valence-electron chi connectivity index (χ3n) is 5.08. The van der Waals surface area contributed by atoms with E-state index in [-0.39, 0.29) is 31.2 Å². The molecule has 26 heavy (non-hydrogen) atoms. The van der Waals surface area contributed by atoms with Crippen LogP contribution in [0.4, 0.5) is 8.78 Å². The van der Waals surface area contributed by atoms with Gasteiger partial charge in [0.25, 0.3) is 5.91 Å². The van der Waals surface area contributed by atoms with E-state index >= 15 is 0 Å². The van der Waals surface area contributed by atoms with Crippen LogP contribution in [0.25, 0.3) is 0 Å². The van der Waals surface area contributed by atoms with Crippen molar-refractivity contribution < 1.29 is 36.6 Å². The van der Waals surface area contributed by atoms with Crippen LogP contribution in [0.2, 0.25) is 0 Å². The fraction of sp³-hybridized carbons (Fsp3) is 0.500. The highest BCUT2D eigenvalue weighted by Gasteiger charge is 2.54. The van der Waals surface area contributed by atoms with Crippen molar-refractivity contribution in [2.45, 2.75) is 17.1 Å². The molecule has 2 saturated heterocycles. The van der Waals surface area contributed by atoms with Gasteiger partial charge < -0.3 is 14.7 Å². The van der Waals surface area contributed by atoms with E-state index in [0.29, 0.717) is 13.0 Å². The second-order valence-electron chi connectivity index (χ2n) is 6.50. The Morgan fingerprint density at radius 1 is 1.27 bits per heavy atom. The quantitative estimate of drug-likeness (QED) is 0.832. The average molecular weight is 389 g/mol. The molecule has 0 bridgehead atoms. The molecule has 0 radical (unpaired) electrons. The maximum absolute atomic E-state index is 12.6. The zero-order valence-electron chi connectivity index (χ0n) is 13.6. The summed E-state index contributed by atoms with van der Waals surface area (Å²) in [5.41, 5.74) is -0.939. The molecule has 7 nitrogen and oxygen atoms in total. The zero-order chi connectivity index (χ0) is 19.1. The molecule has 10 heteroatoms. The minimum atomic E-state index is -4.73. The number of ether oxygens (including phenoxy) is 1. The maximum Gasteiger partial charge on any atom is 0.341 e. The molecule has 1 aromatic carbocycles. The van der Waals surface area contributed by atoms with Crippen LogP contribution >= 0.6 is 0 Å². The number of carbonyl (C=O) groups is 2. The Balaban J connectivity index is 1.81. The van der Waals surface area contributed by atoms with Crippen molar-refractivity contribution in [1.29, 1.82) is 0 Å². The van der Waals surface area contributed by atoms with Crippen molar-refractivity contribution in [2.75, 3.05) is 26.3 Å². The molecule has 1 N–H and O–H groups in total. The van der Waals surface area contributed by atoms with Gasteiger partial charge in [-0.15, -0.1) is 0 Å². The minimum absolute atomic E-state index is 0.0340. The minimum Gasteiger partial charge on any atom is -0.481 e. The van der Waals surface area contributed by atoms with Crippen LogP contribution in [0.15, 0.2) is 29.2 Å². The fourth-order valence-electron chi connectivity index (χ4n) is 3.53. The SMILES string of the molecule is O=C(c1ccc(S(=O)(=O)C(F)F)cc1)N1C[C@H]2COCC[C@@]2(C(=O)O)C1. The smallest absolute Gasteiger partial charge is 0.341 e. The highest BCUT2D eigenvalue weighted by molar-refractivity contribution is 7.91. The summed E-state index contributed by atoms with van der Waals surface area (Å²) in [5, 5.41) is 9.62. The van der Waals surface area contributed by atoms with Crippen molar-refractivity contribution in [3.63, 3.8) is 0 Å². The van der Waals surface area contributed by atoms with E-state index in [9.17, 15) is 31.9 Å². The van der Waals surface area contributed by atoms with Crippen molar-refractivity contribution >= 4 is 21.7 Å². The van der Waals surface area contributed by atoms with Gasteiger partial charge in [-0.05, 0) is 30.7 Å². The number of likely N-dealkylation sites (tertiary alicyclic amines) is 1. The van der Waals surface area contributed by atoms with Gasteiger partial charge in [0.1, 0.15) is 0 Å². The summed E-state index contributed by atoms with van der Waals surface area (Å²) in [6.07, 6.45) is 0.308. The Kier molecular flexibility index (Phi) is 4.74. The van der Waals surface area contributed by atoms with E-state index in [4.69, 9.17) is 4.74 Å². The molecule has 0 aromatic heterocycles. The molecule has 2 fully saturated rings. The number of carbonyl (C=O) groups excluding carboxylic acids is 1. The molecule has 3 rings (SSSR count). The van der Waals surface area contributed by atoms with Gasteiger partial charge in [-0.2, -0.15) is 8.78 Å². The largest absolute Gasteiger partial charge is 0.481 e. The molecule has 2 atom stereocenters. The first-order chi connectivity index (χ1) is 12.2. The van der Waals surface area contributed by atoms with Crippen molar-refractivity contribution in [1.82, 2.24) is 4.90 Å². The number of halogens is 2. The second-order valence-corrected chi connectivity index (χ2v) is 8.42. The normalized spacial score (nSPS) is 26.0. The number of carboxylic acids is 1. The number of alkyl halides is 2. The predicted molar refractivity (Wildman–Crippen MR) is 84.5 cm³/mol. The van der Waals surface area contributed by atoms with Crippen molar-refractivity contribution in [2.24, 2.45) is 11.3 Å². The Morgan fingerprint density at radius 3 is 2.46 bits per heavy atom. The third kappa shape index (κ3) is 2.96. The third-order valence-corrected chi connectivity index (χ3v) is 6.48. The molecule has 0 saturated carbocycles. The zero-order valence-corrected chi connectivity index (χ0v) is 14.4.